The maximum atomic E-state index is 13.2. The van der Waals surface area contributed by atoms with Crippen molar-refractivity contribution in [1.82, 2.24) is 19.7 Å². The molecule has 0 unspecified atom stereocenters. The van der Waals surface area contributed by atoms with Crippen LogP contribution >= 0.6 is 0 Å². The number of nitrogens with one attached hydrogen (secondary N) is 1. The molecule has 4 heterocycles. The monoisotopic (exact) mass is 518 g/mol. The molecule has 0 spiro atoms. The van der Waals surface area contributed by atoms with Crippen LogP contribution in [-0.4, -0.2) is 53.2 Å². The number of hydrogen-bond donors (Lipinski definition) is 1. The number of rotatable bonds is 6. The van der Waals surface area contributed by atoms with Gasteiger partial charge in [-0.1, -0.05) is 20.8 Å². The zero-order valence-corrected chi connectivity index (χ0v) is 23.5. The van der Waals surface area contributed by atoms with Crippen molar-refractivity contribution in [3.8, 4) is 11.5 Å². The molecule has 1 aliphatic rings. The van der Waals surface area contributed by atoms with E-state index in [0.29, 0.717) is 11.6 Å². The zero-order valence-electron chi connectivity index (χ0n) is 22.5. The predicted octanol–water partition coefficient (Wildman–Crippen LogP) is 5.39. The molecule has 5 rings (SSSR count). The Balaban J connectivity index is 1.37. The number of anilines is 2. The minimum absolute atomic E-state index is 0.158. The highest BCUT2D eigenvalue weighted by atomic mass is 28.4. The van der Waals surface area contributed by atoms with Gasteiger partial charge in [-0.05, 0) is 49.3 Å². The minimum atomic E-state index is -1.86. The van der Waals surface area contributed by atoms with Crippen LogP contribution in [-0.2, 0) is 11.5 Å². The fourth-order valence-electron chi connectivity index (χ4n) is 4.22. The Kier molecular flexibility index (Phi) is 6.19. The molecule has 0 saturated carbocycles. The quantitative estimate of drug-likeness (QED) is 0.342. The van der Waals surface area contributed by atoms with Crippen LogP contribution in [0.2, 0.25) is 18.1 Å². The van der Waals surface area contributed by atoms with Gasteiger partial charge in [0.2, 0.25) is 5.89 Å². The molecule has 1 amide bonds. The molecule has 0 atom stereocenters. The summed E-state index contributed by atoms with van der Waals surface area (Å²) in [6, 6.07) is 7.67. The average molecular weight is 519 g/mol. The van der Waals surface area contributed by atoms with Crippen molar-refractivity contribution < 1.29 is 13.6 Å². The zero-order chi connectivity index (χ0) is 26.5. The summed E-state index contributed by atoms with van der Waals surface area (Å²) < 4.78 is 14.0. The molecule has 0 bridgehead atoms. The molecule has 3 aromatic heterocycles. The first-order valence-corrected chi connectivity index (χ1v) is 15.4. The molecule has 1 aromatic carbocycles. The van der Waals surface area contributed by atoms with E-state index in [2.05, 4.69) is 59.1 Å². The van der Waals surface area contributed by atoms with Crippen LogP contribution in [0.4, 0.5) is 11.4 Å². The summed E-state index contributed by atoms with van der Waals surface area (Å²) in [5.74, 6) is 0.0480. The number of fused-ring (bicyclic) bond motifs is 1. The van der Waals surface area contributed by atoms with Crippen LogP contribution in [0.5, 0.6) is 0 Å². The van der Waals surface area contributed by atoms with Gasteiger partial charge in [0, 0.05) is 49.2 Å². The molecule has 194 valence electrons. The number of aromatic nitrogens is 4. The number of carbonyl (C=O) groups is 1. The van der Waals surface area contributed by atoms with Gasteiger partial charge in [-0.3, -0.25) is 14.5 Å². The van der Waals surface area contributed by atoms with Crippen molar-refractivity contribution in [3.63, 3.8) is 0 Å². The molecule has 1 saturated heterocycles. The maximum absolute atomic E-state index is 13.2. The third-order valence-electron chi connectivity index (χ3n) is 7.32. The Hall–Kier alpha value is -3.50. The topological polar surface area (TPSA) is 98.3 Å². The summed E-state index contributed by atoms with van der Waals surface area (Å²) in [6.45, 7) is 14.7. The summed E-state index contributed by atoms with van der Waals surface area (Å²) in [6.07, 6.45) is 5.19. The highest BCUT2D eigenvalue weighted by molar-refractivity contribution is 6.74. The SMILES string of the molecule is Cc1cc(-c2nc(C(=O)Nc3cc4cn(C)nc4cc3N3CC(O[Si](C)(C)C(C)(C)C)C3)co2)ccn1. The number of carbonyl (C=O) groups excluding carboxylic acids is 1. The molecule has 4 aromatic rings. The van der Waals surface area contributed by atoms with Crippen LogP contribution < -0.4 is 10.2 Å². The van der Waals surface area contributed by atoms with Gasteiger partial charge in [0.1, 0.15) is 6.26 Å². The van der Waals surface area contributed by atoms with E-state index in [1.54, 1.807) is 16.9 Å². The van der Waals surface area contributed by atoms with Gasteiger partial charge in [-0.25, -0.2) is 4.98 Å². The fourth-order valence-corrected chi connectivity index (χ4v) is 5.56. The molecule has 0 radical (unpaired) electrons. The average Bonchev–Trinajstić information content (AvgIpc) is 3.41. The van der Waals surface area contributed by atoms with Gasteiger partial charge in [0.15, 0.2) is 14.0 Å². The fraction of sp³-hybridized carbons (Fsp3) is 0.407. The van der Waals surface area contributed by atoms with Crippen LogP contribution in [0.25, 0.3) is 22.4 Å². The largest absolute Gasteiger partial charge is 0.444 e. The summed E-state index contributed by atoms with van der Waals surface area (Å²) in [4.78, 5) is 24.1. The lowest BCUT2D eigenvalue weighted by Crippen LogP contribution is -2.58. The third-order valence-corrected chi connectivity index (χ3v) is 11.9. The van der Waals surface area contributed by atoms with Gasteiger partial charge in [0.05, 0.1) is 23.0 Å². The first kappa shape index (κ1) is 25.2. The van der Waals surface area contributed by atoms with Crippen LogP contribution in [0.3, 0.4) is 0 Å². The van der Waals surface area contributed by atoms with E-state index in [9.17, 15) is 4.79 Å². The summed E-state index contributed by atoms with van der Waals surface area (Å²) >= 11 is 0. The van der Waals surface area contributed by atoms with Gasteiger partial charge in [-0.2, -0.15) is 5.10 Å². The van der Waals surface area contributed by atoms with Crippen molar-refractivity contribution >= 4 is 36.5 Å². The highest BCUT2D eigenvalue weighted by Gasteiger charge is 2.42. The number of nitrogens with zero attached hydrogens (tertiary/aromatic N) is 5. The number of pyridine rings is 1. The van der Waals surface area contributed by atoms with Crippen LogP contribution in [0.15, 0.2) is 47.3 Å². The number of hydrogen-bond acceptors (Lipinski definition) is 7. The third kappa shape index (κ3) is 5.03. The lowest BCUT2D eigenvalue weighted by atomic mass is 10.1. The highest BCUT2D eigenvalue weighted by Crippen LogP contribution is 2.40. The Morgan fingerprint density at radius 3 is 2.68 bits per heavy atom. The Labute approximate surface area is 218 Å². The second-order valence-electron chi connectivity index (χ2n) is 11.3. The Morgan fingerprint density at radius 1 is 1.22 bits per heavy atom. The lowest BCUT2D eigenvalue weighted by Gasteiger charge is -2.47. The van der Waals surface area contributed by atoms with E-state index < -0.39 is 8.32 Å². The van der Waals surface area contributed by atoms with Gasteiger partial charge >= 0.3 is 0 Å². The first-order chi connectivity index (χ1) is 17.4. The van der Waals surface area contributed by atoms with Crippen molar-refractivity contribution in [1.29, 1.82) is 0 Å². The van der Waals surface area contributed by atoms with Gasteiger partial charge < -0.3 is 19.1 Å². The summed E-state index contributed by atoms with van der Waals surface area (Å²) in [5, 5.41) is 8.73. The van der Waals surface area contributed by atoms with Crippen molar-refractivity contribution in [3.05, 3.63) is 54.3 Å². The maximum Gasteiger partial charge on any atom is 0.277 e. The molecule has 0 aliphatic carbocycles. The second-order valence-corrected chi connectivity index (χ2v) is 16.1. The lowest BCUT2D eigenvalue weighted by molar-refractivity contribution is 0.102. The van der Waals surface area contributed by atoms with E-state index in [4.69, 9.17) is 8.84 Å². The second kappa shape index (κ2) is 9.11. The van der Waals surface area contributed by atoms with Crippen molar-refractivity contribution in [2.45, 2.75) is 51.9 Å². The molecule has 10 heteroatoms. The van der Waals surface area contributed by atoms with E-state index in [0.717, 1.165) is 40.9 Å². The van der Waals surface area contributed by atoms with Crippen molar-refractivity contribution in [2.75, 3.05) is 23.3 Å². The van der Waals surface area contributed by atoms with Gasteiger partial charge in [-0.15, -0.1) is 0 Å². The molecule has 1 N–H and O–H groups in total. The van der Waals surface area contributed by atoms with E-state index in [-0.39, 0.29) is 22.7 Å². The van der Waals surface area contributed by atoms with E-state index >= 15 is 0 Å². The Bertz CT molecular complexity index is 1460. The standard InChI is InChI=1S/C27H34N6O3Si/c1-17-10-18(8-9-28-17)26-30-23(16-35-26)25(34)29-22-11-19-13-32(5)31-21(19)12-24(22)33-14-20(15-33)36-37(6,7)27(2,3)4/h8-13,16,20H,14-15H2,1-7H3,(H,29,34). The summed E-state index contributed by atoms with van der Waals surface area (Å²) in [7, 11) is 0.0347. The van der Waals surface area contributed by atoms with Crippen LogP contribution in [0, 0.1) is 6.92 Å². The minimum Gasteiger partial charge on any atom is -0.444 e. The normalized spacial score (nSPS) is 14.7. The molecule has 1 aliphatic heterocycles. The molecule has 9 nitrogen and oxygen atoms in total. The van der Waals surface area contributed by atoms with Crippen molar-refractivity contribution in [2.24, 2.45) is 7.05 Å². The number of benzene rings is 1. The molecule has 1 fully saturated rings. The molecular weight excluding hydrogens is 484 g/mol. The number of amides is 1. The summed E-state index contributed by atoms with van der Waals surface area (Å²) in [5.41, 5.74) is 4.34. The van der Waals surface area contributed by atoms with Gasteiger partial charge in [0.25, 0.3) is 5.91 Å². The number of aryl methyl sites for hydroxylation is 2. The Morgan fingerprint density at radius 2 is 1.97 bits per heavy atom. The number of oxazole rings is 1. The van der Waals surface area contributed by atoms with E-state index in [1.165, 1.54) is 6.26 Å². The predicted molar refractivity (Wildman–Crippen MR) is 147 cm³/mol. The molecule has 37 heavy (non-hydrogen) atoms. The smallest absolute Gasteiger partial charge is 0.277 e. The molecular formula is C27H34N6O3Si. The van der Waals surface area contributed by atoms with E-state index in [1.807, 2.05) is 38.4 Å². The first-order valence-electron chi connectivity index (χ1n) is 12.5. The van der Waals surface area contributed by atoms with Crippen LogP contribution in [0.1, 0.15) is 37.0 Å².